The third-order valence-corrected chi connectivity index (χ3v) is 2.77. The van der Waals surface area contributed by atoms with Gasteiger partial charge in [0.05, 0.1) is 11.4 Å². The van der Waals surface area contributed by atoms with Crippen LogP contribution in [0, 0.1) is 0 Å². The molecular formula is C12H16ClNO2. The molecule has 88 valence electrons. The molecule has 0 saturated carbocycles. The summed E-state index contributed by atoms with van der Waals surface area (Å²) in [6, 6.07) is 5.05. The summed E-state index contributed by atoms with van der Waals surface area (Å²) in [5.41, 5.74) is 1.19. The maximum absolute atomic E-state index is 11.3. The van der Waals surface area contributed by atoms with E-state index in [1.54, 1.807) is 12.1 Å². The first-order valence-corrected chi connectivity index (χ1v) is 5.84. The molecule has 0 unspecified atom stereocenters. The first-order valence-electron chi connectivity index (χ1n) is 5.31. The molecule has 1 N–H and O–H groups in total. The van der Waals surface area contributed by atoms with Gasteiger partial charge in [-0.2, -0.15) is 0 Å². The van der Waals surface area contributed by atoms with Gasteiger partial charge in [-0.05, 0) is 26.0 Å². The first-order chi connectivity index (χ1) is 7.63. The van der Waals surface area contributed by atoms with Crippen LogP contribution in [0.15, 0.2) is 18.2 Å². The van der Waals surface area contributed by atoms with Gasteiger partial charge in [-0.3, -0.25) is 4.79 Å². The lowest BCUT2D eigenvalue weighted by Gasteiger charge is -2.21. The number of rotatable bonds is 5. The Morgan fingerprint density at radius 3 is 2.44 bits per heavy atom. The first kappa shape index (κ1) is 12.8. The summed E-state index contributed by atoms with van der Waals surface area (Å²) in [5.74, 6) is -0.377. The zero-order chi connectivity index (χ0) is 12.1. The van der Waals surface area contributed by atoms with Gasteiger partial charge in [0.25, 0.3) is 0 Å². The van der Waals surface area contributed by atoms with E-state index in [1.165, 1.54) is 0 Å². The molecule has 0 aliphatic rings. The molecule has 0 amide bonds. The van der Waals surface area contributed by atoms with Crippen molar-refractivity contribution < 1.29 is 9.90 Å². The van der Waals surface area contributed by atoms with Crippen LogP contribution in [-0.4, -0.2) is 29.9 Å². The number of aromatic hydroxyl groups is 1. The molecule has 0 radical (unpaired) electrons. The number of anilines is 1. The van der Waals surface area contributed by atoms with Crippen LogP contribution in [0.25, 0.3) is 0 Å². The lowest BCUT2D eigenvalue weighted by atomic mass is 10.1. The van der Waals surface area contributed by atoms with Gasteiger partial charge in [-0.15, -0.1) is 11.6 Å². The molecule has 0 spiro atoms. The predicted molar refractivity (Wildman–Crippen MR) is 66.7 cm³/mol. The van der Waals surface area contributed by atoms with Crippen molar-refractivity contribution in [2.24, 2.45) is 0 Å². The molecule has 0 aliphatic heterocycles. The smallest absolute Gasteiger partial charge is 0.181 e. The van der Waals surface area contributed by atoms with E-state index < -0.39 is 0 Å². The van der Waals surface area contributed by atoms with Crippen LogP contribution in [0.4, 0.5) is 5.69 Å². The van der Waals surface area contributed by atoms with Gasteiger partial charge in [0.2, 0.25) is 0 Å². The third kappa shape index (κ3) is 2.67. The van der Waals surface area contributed by atoms with Crippen LogP contribution in [0.3, 0.4) is 0 Å². The van der Waals surface area contributed by atoms with Crippen molar-refractivity contribution in [1.29, 1.82) is 0 Å². The lowest BCUT2D eigenvalue weighted by molar-refractivity contribution is 0.101. The summed E-state index contributed by atoms with van der Waals surface area (Å²) in [5, 5.41) is 9.73. The number of carbonyl (C=O) groups is 1. The maximum atomic E-state index is 11.3. The zero-order valence-electron chi connectivity index (χ0n) is 9.53. The number of hydrogen-bond donors (Lipinski definition) is 1. The highest BCUT2D eigenvalue weighted by Crippen LogP contribution is 2.25. The average molecular weight is 242 g/mol. The summed E-state index contributed by atoms with van der Waals surface area (Å²) in [6.45, 7) is 5.80. The Kier molecular flexibility index (Phi) is 4.62. The normalized spacial score (nSPS) is 10.2. The summed E-state index contributed by atoms with van der Waals surface area (Å²) in [7, 11) is 0. The van der Waals surface area contributed by atoms with Gasteiger partial charge in [-0.25, -0.2) is 0 Å². The summed E-state index contributed by atoms with van der Waals surface area (Å²) < 4.78 is 0. The van der Waals surface area contributed by atoms with Crippen molar-refractivity contribution in [3.05, 3.63) is 23.8 Å². The topological polar surface area (TPSA) is 40.5 Å². The van der Waals surface area contributed by atoms with Crippen LogP contribution in [0.5, 0.6) is 5.75 Å². The number of hydrogen-bond acceptors (Lipinski definition) is 3. The van der Waals surface area contributed by atoms with Gasteiger partial charge in [0, 0.05) is 24.8 Å². The van der Waals surface area contributed by atoms with Crippen molar-refractivity contribution in [3.63, 3.8) is 0 Å². The Labute approximate surface area is 101 Å². The molecule has 1 aromatic rings. The Morgan fingerprint density at radius 2 is 2.00 bits per heavy atom. The van der Waals surface area contributed by atoms with E-state index in [4.69, 9.17) is 11.6 Å². The molecule has 1 aromatic carbocycles. The van der Waals surface area contributed by atoms with E-state index in [0.717, 1.165) is 18.8 Å². The van der Waals surface area contributed by atoms with E-state index in [1.807, 2.05) is 19.9 Å². The fourth-order valence-electron chi connectivity index (χ4n) is 1.61. The highest BCUT2D eigenvalue weighted by molar-refractivity contribution is 6.30. The molecule has 0 heterocycles. The van der Waals surface area contributed by atoms with Crippen LogP contribution in [0.2, 0.25) is 0 Å². The van der Waals surface area contributed by atoms with Crippen molar-refractivity contribution in [2.75, 3.05) is 23.9 Å². The number of phenols is 1. The van der Waals surface area contributed by atoms with Gasteiger partial charge in [0.1, 0.15) is 5.75 Å². The van der Waals surface area contributed by atoms with Gasteiger partial charge in [0.15, 0.2) is 5.78 Å². The Bertz CT molecular complexity index is 375. The fourth-order valence-corrected chi connectivity index (χ4v) is 1.76. The van der Waals surface area contributed by atoms with Crippen LogP contribution < -0.4 is 4.90 Å². The standard InChI is InChI=1S/C12H16ClNO2/c1-3-14(4-2)9-5-6-10(11(15)7-9)12(16)8-13/h5-7,15H,3-4,8H2,1-2H3. The van der Waals surface area contributed by atoms with Crippen molar-refractivity contribution in [3.8, 4) is 5.75 Å². The highest BCUT2D eigenvalue weighted by Gasteiger charge is 2.11. The monoisotopic (exact) mass is 241 g/mol. The van der Waals surface area contributed by atoms with E-state index in [-0.39, 0.29) is 23.0 Å². The van der Waals surface area contributed by atoms with E-state index >= 15 is 0 Å². The number of Topliss-reactive ketones (excluding diaryl/α,β-unsaturated/α-hetero) is 1. The predicted octanol–water partition coefficient (Wildman–Crippen LogP) is 2.66. The Balaban J connectivity index is 3.03. The lowest BCUT2D eigenvalue weighted by Crippen LogP contribution is -2.21. The third-order valence-electron chi connectivity index (χ3n) is 2.53. The number of alkyl halides is 1. The number of carbonyl (C=O) groups excluding carboxylic acids is 1. The maximum Gasteiger partial charge on any atom is 0.181 e. The van der Waals surface area contributed by atoms with Crippen molar-refractivity contribution in [2.45, 2.75) is 13.8 Å². The van der Waals surface area contributed by atoms with E-state index in [0.29, 0.717) is 0 Å². The number of phenolic OH excluding ortho intramolecular Hbond substituents is 1. The van der Waals surface area contributed by atoms with Gasteiger partial charge < -0.3 is 10.0 Å². The molecular weight excluding hydrogens is 226 g/mol. The van der Waals surface area contributed by atoms with E-state index in [9.17, 15) is 9.90 Å². The van der Waals surface area contributed by atoms with Gasteiger partial charge in [-0.1, -0.05) is 0 Å². The molecule has 16 heavy (non-hydrogen) atoms. The number of ketones is 1. The average Bonchev–Trinajstić information content (AvgIpc) is 2.30. The SMILES string of the molecule is CCN(CC)c1ccc(C(=O)CCl)c(O)c1. The highest BCUT2D eigenvalue weighted by atomic mass is 35.5. The van der Waals surface area contributed by atoms with Crippen LogP contribution >= 0.6 is 11.6 Å². The molecule has 0 aromatic heterocycles. The Morgan fingerprint density at radius 1 is 1.38 bits per heavy atom. The summed E-state index contributed by atoms with van der Waals surface area (Å²) >= 11 is 5.44. The largest absolute Gasteiger partial charge is 0.507 e. The van der Waals surface area contributed by atoms with Crippen molar-refractivity contribution in [1.82, 2.24) is 0 Å². The minimum absolute atomic E-state index is 0.00458. The van der Waals surface area contributed by atoms with E-state index in [2.05, 4.69) is 4.90 Å². The molecule has 3 nitrogen and oxygen atoms in total. The second-order valence-corrected chi connectivity index (χ2v) is 3.70. The summed E-state index contributed by atoms with van der Waals surface area (Å²) in [4.78, 5) is 13.4. The second kappa shape index (κ2) is 5.75. The number of halogens is 1. The van der Waals surface area contributed by atoms with Crippen LogP contribution in [-0.2, 0) is 0 Å². The molecule has 0 bridgehead atoms. The molecule has 0 atom stereocenters. The second-order valence-electron chi connectivity index (χ2n) is 3.43. The number of nitrogens with zero attached hydrogens (tertiary/aromatic N) is 1. The van der Waals surface area contributed by atoms with Gasteiger partial charge >= 0.3 is 0 Å². The molecule has 1 rings (SSSR count). The zero-order valence-corrected chi connectivity index (χ0v) is 10.3. The number of benzene rings is 1. The minimum Gasteiger partial charge on any atom is -0.507 e. The van der Waals surface area contributed by atoms with Crippen LogP contribution in [0.1, 0.15) is 24.2 Å². The minimum atomic E-state index is -0.259. The summed E-state index contributed by atoms with van der Waals surface area (Å²) in [6.07, 6.45) is 0. The fraction of sp³-hybridized carbons (Fsp3) is 0.417. The Hall–Kier alpha value is -1.22. The van der Waals surface area contributed by atoms with Crippen molar-refractivity contribution >= 4 is 23.1 Å². The quantitative estimate of drug-likeness (QED) is 0.637. The molecule has 0 fully saturated rings. The molecule has 0 aliphatic carbocycles. The molecule has 4 heteroatoms. The molecule has 0 saturated heterocycles.